The van der Waals surface area contributed by atoms with Gasteiger partial charge in [-0.3, -0.25) is 19.0 Å². The Hall–Kier alpha value is -4.63. The molecule has 12 nitrogen and oxygen atoms in total. The van der Waals surface area contributed by atoms with Gasteiger partial charge in [0.1, 0.15) is 28.9 Å². The maximum atomic E-state index is 15.3. The van der Waals surface area contributed by atoms with Crippen molar-refractivity contribution in [1.29, 1.82) is 0 Å². The average molecular weight is 659 g/mol. The number of benzene rings is 1. The number of pyridine rings is 1. The Morgan fingerprint density at radius 2 is 1.80 bits per heavy atom. The number of carbonyl (C=O) groups excluding carboxylic acids is 2. The number of aryl methyl sites for hydroxylation is 1. The van der Waals surface area contributed by atoms with Gasteiger partial charge in [-0.25, -0.2) is 14.4 Å². The van der Waals surface area contributed by atoms with Crippen molar-refractivity contribution in [3.05, 3.63) is 62.7 Å². The molecule has 0 bridgehead atoms. The molecule has 5 heterocycles. The van der Waals surface area contributed by atoms with Gasteiger partial charge in [0.15, 0.2) is 11.6 Å². The summed E-state index contributed by atoms with van der Waals surface area (Å²) < 4.78 is 47.6. The molecule has 0 radical (unpaired) electrons. The van der Waals surface area contributed by atoms with E-state index in [1.807, 2.05) is 25.8 Å². The molecule has 4 N–H and O–H groups in total. The Bertz CT molecular complexity index is 1990. The summed E-state index contributed by atoms with van der Waals surface area (Å²) in [6.07, 6.45) is 2.32. The zero-order chi connectivity index (χ0) is 33.2. The zero-order valence-electron chi connectivity index (χ0n) is 25.1. The summed E-state index contributed by atoms with van der Waals surface area (Å²) in [5.41, 5.74) is 3.28. The molecule has 0 spiro atoms. The first-order valence-electron chi connectivity index (χ1n) is 14.5. The molecule has 2 amide bonds. The van der Waals surface area contributed by atoms with E-state index in [0.717, 1.165) is 6.07 Å². The Labute approximate surface area is 265 Å². The first kappa shape index (κ1) is 31.4. The van der Waals surface area contributed by atoms with Gasteiger partial charge in [-0.2, -0.15) is 8.78 Å². The first-order valence-corrected chi connectivity index (χ1v) is 14.9. The number of fused-ring (bicyclic) bond motifs is 2. The van der Waals surface area contributed by atoms with Crippen LogP contribution >= 0.6 is 11.6 Å². The summed E-state index contributed by atoms with van der Waals surface area (Å²) in [7, 11) is 1.99. The number of piperazine rings is 1. The molecule has 1 saturated heterocycles. The number of hydrogen-bond donors (Lipinski definition) is 3. The molecular weight excluding hydrogens is 629 g/mol. The molecule has 2 aliphatic heterocycles. The summed E-state index contributed by atoms with van der Waals surface area (Å²) >= 11 is 6.22. The van der Waals surface area contributed by atoms with Crippen molar-refractivity contribution in [2.75, 3.05) is 30.4 Å². The van der Waals surface area contributed by atoms with Crippen LogP contribution in [0.15, 0.2) is 23.1 Å². The number of primary amides is 1. The van der Waals surface area contributed by atoms with Crippen LogP contribution in [0, 0.1) is 17.6 Å². The summed E-state index contributed by atoms with van der Waals surface area (Å²) in [6, 6.07) is 2.30. The quantitative estimate of drug-likeness (QED) is 0.267. The van der Waals surface area contributed by atoms with Crippen molar-refractivity contribution >= 4 is 46.0 Å². The molecule has 1 aromatic carbocycles. The van der Waals surface area contributed by atoms with E-state index < -0.39 is 63.4 Å². The molecule has 242 valence electrons. The zero-order valence-corrected chi connectivity index (χ0v) is 25.8. The number of carbonyl (C=O) groups is 2. The summed E-state index contributed by atoms with van der Waals surface area (Å²) in [6.45, 7) is 5.24. The number of hydrogen-bond acceptors (Lipinski definition) is 8. The number of amides is 2. The number of nitrogens with one attached hydrogen (secondary N) is 1. The highest BCUT2D eigenvalue weighted by Gasteiger charge is 2.31. The molecule has 46 heavy (non-hydrogen) atoms. The first-order chi connectivity index (χ1) is 21.8. The van der Waals surface area contributed by atoms with Gasteiger partial charge in [0, 0.05) is 61.5 Å². The van der Waals surface area contributed by atoms with Gasteiger partial charge >= 0.3 is 0 Å². The fourth-order valence-electron chi connectivity index (χ4n) is 6.54. The van der Waals surface area contributed by atoms with Crippen LogP contribution < -0.4 is 21.5 Å². The van der Waals surface area contributed by atoms with Crippen LogP contribution in [0.4, 0.5) is 24.7 Å². The van der Waals surface area contributed by atoms with Crippen molar-refractivity contribution < 1.29 is 27.9 Å². The molecule has 0 saturated carbocycles. The molecule has 2 aliphatic rings. The number of rotatable bonds is 6. The monoisotopic (exact) mass is 658 g/mol. The van der Waals surface area contributed by atoms with Gasteiger partial charge < -0.3 is 30.5 Å². The van der Waals surface area contributed by atoms with Crippen LogP contribution in [0.1, 0.15) is 36.5 Å². The van der Waals surface area contributed by atoms with Crippen molar-refractivity contribution in [3.63, 3.8) is 0 Å². The molecule has 4 aromatic rings. The fourth-order valence-corrected chi connectivity index (χ4v) is 6.69. The number of anilines is 2. The molecule has 1 fully saturated rings. The van der Waals surface area contributed by atoms with Crippen molar-refractivity contribution in [2.45, 2.75) is 51.9 Å². The van der Waals surface area contributed by atoms with E-state index >= 15 is 4.39 Å². The van der Waals surface area contributed by atoms with Gasteiger partial charge in [-0.05, 0) is 33.4 Å². The number of halogens is 4. The van der Waals surface area contributed by atoms with Crippen LogP contribution in [0.3, 0.4) is 0 Å². The number of nitrogens with two attached hydrogens (primary N) is 1. The molecule has 0 aliphatic carbocycles. The predicted octanol–water partition coefficient (Wildman–Crippen LogP) is 3.25. The second kappa shape index (κ2) is 11.6. The second-order valence-electron chi connectivity index (χ2n) is 11.8. The molecular formula is C30H30ClF3N8O4. The minimum atomic E-state index is -1.73. The predicted molar refractivity (Wildman–Crippen MR) is 165 cm³/mol. The van der Waals surface area contributed by atoms with E-state index in [-0.39, 0.29) is 34.4 Å². The lowest BCUT2D eigenvalue weighted by Crippen LogP contribution is -2.56. The van der Waals surface area contributed by atoms with Gasteiger partial charge in [0.2, 0.25) is 17.7 Å². The third-order valence-corrected chi connectivity index (χ3v) is 8.79. The van der Waals surface area contributed by atoms with Gasteiger partial charge in [0.05, 0.1) is 16.6 Å². The van der Waals surface area contributed by atoms with Gasteiger partial charge in [0.25, 0.3) is 11.5 Å². The third-order valence-electron chi connectivity index (χ3n) is 8.43. The van der Waals surface area contributed by atoms with Gasteiger partial charge in [-0.1, -0.05) is 11.6 Å². The molecule has 0 unspecified atom stereocenters. The molecule has 3 aromatic heterocycles. The fraction of sp³-hybridized carbons (Fsp3) is 0.367. The minimum Gasteiger partial charge on any atom is -0.504 e. The Balaban J connectivity index is 1.41. The highest BCUT2D eigenvalue weighted by atomic mass is 35.5. The Morgan fingerprint density at radius 3 is 2.48 bits per heavy atom. The summed E-state index contributed by atoms with van der Waals surface area (Å²) in [5, 5.41) is 12.0. The van der Waals surface area contributed by atoms with E-state index in [0.29, 0.717) is 44.1 Å². The number of aromatic nitrogens is 4. The lowest BCUT2D eigenvalue weighted by molar-refractivity contribution is -0.116. The standard InChI is InChI=1S/C30H30ClF3N8O4/c1-13-9-39(3)10-14(2)42(13)20-8-18(23(31)27(34)37-20)36-21(43)12-40-11-17(15-7-16(28(35)45)26(44)25(33)24(15)32)22-29(40)38-19-5-4-6-41(19)30(22)46/h7-8,11,13-14,44H,4-6,9-10,12H2,1-3H3,(H2,35,45)(H,36,37,43)/t13-,14-/m0/s1. The van der Waals surface area contributed by atoms with Crippen molar-refractivity contribution in [3.8, 4) is 16.9 Å². The number of phenols is 1. The van der Waals surface area contributed by atoms with E-state index in [4.69, 9.17) is 17.3 Å². The normalized spacial score (nSPS) is 18.3. The van der Waals surface area contributed by atoms with Crippen LogP contribution in [-0.2, 0) is 24.3 Å². The van der Waals surface area contributed by atoms with E-state index in [1.54, 1.807) is 0 Å². The number of nitrogens with zero attached hydrogens (tertiary/aromatic N) is 6. The van der Waals surface area contributed by atoms with Crippen LogP contribution in [0.25, 0.3) is 22.2 Å². The third kappa shape index (κ3) is 5.22. The van der Waals surface area contributed by atoms with E-state index in [1.165, 1.54) is 21.4 Å². The minimum absolute atomic E-state index is 0.00425. The topological polar surface area (TPSA) is 152 Å². The van der Waals surface area contributed by atoms with Crippen LogP contribution in [-0.4, -0.2) is 73.1 Å². The lowest BCUT2D eigenvalue weighted by Gasteiger charge is -2.44. The highest BCUT2D eigenvalue weighted by molar-refractivity contribution is 6.33. The maximum absolute atomic E-state index is 15.3. The van der Waals surface area contributed by atoms with Crippen molar-refractivity contribution in [1.82, 2.24) is 24.0 Å². The number of aromatic hydroxyl groups is 1. The largest absolute Gasteiger partial charge is 0.504 e. The summed E-state index contributed by atoms with van der Waals surface area (Å²) in [5.74, 6) is -6.69. The molecule has 6 rings (SSSR count). The average Bonchev–Trinajstić information content (AvgIpc) is 3.59. The van der Waals surface area contributed by atoms with Crippen molar-refractivity contribution in [2.24, 2.45) is 5.73 Å². The highest BCUT2D eigenvalue weighted by Crippen LogP contribution is 2.37. The smallest absolute Gasteiger partial charge is 0.263 e. The SMILES string of the molecule is C[C@H]1CN(C)C[C@H](C)N1c1cc(NC(=O)Cn2cc(-c3cc(C(N)=O)c(O)c(F)c3F)c3c(=O)n4c(nc32)CCC4)c(Cl)c(F)n1. The summed E-state index contributed by atoms with van der Waals surface area (Å²) in [4.78, 5) is 51.6. The van der Waals surface area contributed by atoms with Crippen LogP contribution in [0.2, 0.25) is 5.02 Å². The maximum Gasteiger partial charge on any atom is 0.263 e. The number of likely N-dealkylation sites (N-methyl/N-ethyl adjacent to an activating group) is 1. The van der Waals surface area contributed by atoms with E-state index in [2.05, 4.69) is 20.2 Å². The molecule has 2 atom stereocenters. The Kier molecular flexibility index (Phi) is 7.92. The van der Waals surface area contributed by atoms with Crippen LogP contribution in [0.5, 0.6) is 5.75 Å². The lowest BCUT2D eigenvalue weighted by atomic mass is 10.0. The Morgan fingerprint density at radius 1 is 1.11 bits per heavy atom. The second-order valence-corrected chi connectivity index (χ2v) is 12.2. The molecule has 16 heteroatoms. The van der Waals surface area contributed by atoms with E-state index in [9.17, 15) is 28.3 Å². The van der Waals surface area contributed by atoms with Gasteiger partial charge in [-0.15, -0.1) is 0 Å².